The van der Waals surface area contributed by atoms with Crippen LogP contribution >= 0.6 is 0 Å². The van der Waals surface area contributed by atoms with Crippen LogP contribution in [0.25, 0.3) is 0 Å². The maximum Gasteiger partial charge on any atom is 0.289 e. The molecule has 6 nitrogen and oxygen atoms in total. The van der Waals surface area contributed by atoms with Gasteiger partial charge in [-0.05, 0) is 48.2 Å². The molecule has 0 bridgehead atoms. The van der Waals surface area contributed by atoms with Gasteiger partial charge < -0.3 is 19.4 Å². The van der Waals surface area contributed by atoms with Crippen LogP contribution in [0, 0.1) is 5.92 Å². The zero-order chi connectivity index (χ0) is 21.6. The van der Waals surface area contributed by atoms with Gasteiger partial charge >= 0.3 is 0 Å². The zero-order valence-electron chi connectivity index (χ0n) is 17.5. The number of carbonyl (C=O) groups is 2. The molecule has 1 aliphatic rings. The number of amides is 2. The molecule has 2 atom stereocenters. The second-order valence-corrected chi connectivity index (χ2v) is 7.69. The number of ether oxygens (including phenoxy) is 1. The first-order valence-corrected chi connectivity index (χ1v) is 10.5. The third-order valence-corrected chi connectivity index (χ3v) is 5.68. The van der Waals surface area contributed by atoms with Gasteiger partial charge in [-0.3, -0.25) is 9.59 Å². The molecule has 3 aromatic rings. The number of methoxy groups -OCH3 is 1. The number of rotatable bonds is 6. The standard InChI is InChI=1S/C25H26N2O4/c1-30-21-13-11-19(12-14-21)23(18-7-3-2-4-8-18)26-24(28)20-9-5-15-27(17-20)25(29)22-10-6-16-31-22/h2-4,6-8,10-14,16,20,23H,5,9,15,17H2,1H3,(H,26,28)/t20-,23+/m0/s1. The van der Waals surface area contributed by atoms with E-state index in [-0.39, 0.29) is 23.8 Å². The molecule has 1 aliphatic heterocycles. The van der Waals surface area contributed by atoms with Gasteiger partial charge in [0.2, 0.25) is 5.91 Å². The van der Waals surface area contributed by atoms with Crippen molar-refractivity contribution in [1.82, 2.24) is 10.2 Å². The summed E-state index contributed by atoms with van der Waals surface area (Å²) in [5, 5.41) is 3.21. The van der Waals surface area contributed by atoms with Crippen LogP contribution in [0.3, 0.4) is 0 Å². The lowest BCUT2D eigenvalue weighted by Crippen LogP contribution is -2.46. The predicted octanol–water partition coefficient (Wildman–Crippen LogP) is 4.05. The Morgan fingerprint density at radius 2 is 1.77 bits per heavy atom. The second-order valence-electron chi connectivity index (χ2n) is 7.69. The van der Waals surface area contributed by atoms with Crippen LogP contribution in [0.1, 0.15) is 40.6 Å². The third-order valence-electron chi connectivity index (χ3n) is 5.68. The summed E-state index contributed by atoms with van der Waals surface area (Å²) in [5.74, 6) is 0.582. The fraction of sp³-hybridized carbons (Fsp3) is 0.280. The normalized spacial score (nSPS) is 17.1. The van der Waals surface area contributed by atoms with Crippen molar-refractivity contribution in [3.63, 3.8) is 0 Å². The van der Waals surface area contributed by atoms with Gasteiger partial charge in [0.1, 0.15) is 5.75 Å². The molecule has 0 radical (unpaired) electrons. The Balaban J connectivity index is 1.51. The number of hydrogen-bond acceptors (Lipinski definition) is 4. The molecule has 6 heteroatoms. The van der Waals surface area contributed by atoms with Crippen molar-refractivity contribution >= 4 is 11.8 Å². The van der Waals surface area contributed by atoms with Crippen molar-refractivity contribution in [2.45, 2.75) is 18.9 Å². The van der Waals surface area contributed by atoms with Gasteiger partial charge in [-0.15, -0.1) is 0 Å². The minimum atomic E-state index is -0.282. The van der Waals surface area contributed by atoms with E-state index in [9.17, 15) is 9.59 Å². The lowest BCUT2D eigenvalue weighted by Gasteiger charge is -2.32. The first-order valence-electron chi connectivity index (χ1n) is 10.5. The smallest absolute Gasteiger partial charge is 0.289 e. The number of benzene rings is 2. The highest BCUT2D eigenvalue weighted by Crippen LogP contribution is 2.26. The molecular weight excluding hydrogens is 392 g/mol. The number of nitrogens with one attached hydrogen (secondary N) is 1. The summed E-state index contributed by atoms with van der Waals surface area (Å²) < 4.78 is 10.5. The number of likely N-dealkylation sites (tertiary alicyclic amines) is 1. The first kappa shape index (κ1) is 20.7. The summed E-state index contributed by atoms with van der Waals surface area (Å²) in [6.07, 6.45) is 3.02. The molecule has 4 rings (SSSR count). The van der Waals surface area contributed by atoms with Crippen molar-refractivity contribution in [2.75, 3.05) is 20.2 Å². The van der Waals surface area contributed by atoms with Gasteiger partial charge in [-0.1, -0.05) is 42.5 Å². The summed E-state index contributed by atoms with van der Waals surface area (Å²) in [6.45, 7) is 1.01. The summed E-state index contributed by atoms with van der Waals surface area (Å²) in [5.41, 5.74) is 1.97. The zero-order valence-corrected chi connectivity index (χ0v) is 17.5. The van der Waals surface area contributed by atoms with E-state index in [1.165, 1.54) is 6.26 Å². The molecule has 2 amide bonds. The lowest BCUT2D eigenvalue weighted by atomic mass is 9.94. The molecule has 0 aliphatic carbocycles. The van der Waals surface area contributed by atoms with Gasteiger partial charge in [0.05, 0.1) is 25.3 Å². The van der Waals surface area contributed by atoms with Crippen LogP contribution in [0.15, 0.2) is 77.4 Å². The first-order chi connectivity index (χ1) is 15.2. The van der Waals surface area contributed by atoms with Crippen LogP contribution < -0.4 is 10.1 Å². The van der Waals surface area contributed by atoms with E-state index in [0.29, 0.717) is 18.8 Å². The van der Waals surface area contributed by atoms with Crippen LogP contribution in [-0.4, -0.2) is 36.9 Å². The molecule has 1 saturated heterocycles. The lowest BCUT2D eigenvalue weighted by molar-refractivity contribution is -0.126. The summed E-state index contributed by atoms with van der Waals surface area (Å²) >= 11 is 0. The Hall–Kier alpha value is -3.54. The van der Waals surface area contributed by atoms with E-state index < -0.39 is 0 Å². The highest BCUT2D eigenvalue weighted by atomic mass is 16.5. The topological polar surface area (TPSA) is 71.8 Å². The fourth-order valence-corrected chi connectivity index (χ4v) is 3.99. The minimum absolute atomic E-state index is 0.0541. The Kier molecular flexibility index (Phi) is 6.36. The van der Waals surface area contributed by atoms with E-state index >= 15 is 0 Å². The molecule has 2 heterocycles. The third kappa shape index (κ3) is 4.79. The summed E-state index contributed by atoms with van der Waals surface area (Å²) in [7, 11) is 1.63. The van der Waals surface area contributed by atoms with Crippen molar-refractivity contribution in [1.29, 1.82) is 0 Å². The van der Waals surface area contributed by atoms with E-state index in [4.69, 9.17) is 9.15 Å². The van der Waals surface area contributed by atoms with E-state index in [2.05, 4.69) is 5.32 Å². The SMILES string of the molecule is COc1ccc([C@H](NC(=O)[C@H]2CCCN(C(=O)c3ccco3)C2)c2ccccc2)cc1. The van der Waals surface area contributed by atoms with Crippen LogP contribution in [0.5, 0.6) is 5.75 Å². The minimum Gasteiger partial charge on any atom is -0.497 e. The van der Waals surface area contributed by atoms with Gasteiger partial charge in [-0.25, -0.2) is 0 Å². The van der Waals surface area contributed by atoms with Gasteiger partial charge in [-0.2, -0.15) is 0 Å². The molecule has 0 unspecified atom stereocenters. The van der Waals surface area contributed by atoms with Crippen molar-refractivity contribution in [3.05, 3.63) is 89.9 Å². The molecule has 1 fully saturated rings. The van der Waals surface area contributed by atoms with Crippen molar-refractivity contribution in [2.24, 2.45) is 5.92 Å². The number of hydrogen-bond donors (Lipinski definition) is 1. The highest BCUT2D eigenvalue weighted by molar-refractivity contribution is 5.92. The largest absolute Gasteiger partial charge is 0.497 e. The number of nitrogens with zero attached hydrogens (tertiary/aromatic N) is 1. The molecule has 1 N–H and O–H groups in total. The number of carbonyl (C=O) groups excluding carboxylic acids is 2. The summed E-state index contributed by atoms with van der Waals surface area (Å²) in [6, 6.07) is 20.7. The molecule has 0 spiro atoms. The monoisotopic (exact) mass is 418 g/mol. The van der Waals surface area contributed by atoms with Crippen LogP contribution in [-0.2, 0) is 4.79 Å². The predicted molar refractivity (Wildman–Crippen MR) is 117 cm³/mol. The molecule has 2 aromatic carbocycles. The van der Waals surface area contributed by atoms with Crippen molar-refractivity contribution < 1.29 is 18.7 Å². The Morgan fingerprint density at radius 3 is 2.45 bits per heavy atom. The van der Waals surface area contributed by atoms with Gasteiger partial charge in [0.15, 0.2) is 5.76 Å². The molecular formula is C25H26N2O4. The van der Waals surface area contributed by atoms with Gasteiger partial charge in [0, 0.05) is 13.1 Å². The molecule has 1 aromatic heterocycles. The molecule has 0 saturated carbocycles. The van der Waals surface area contributed by atoms with E-state index in [0.717, 1.165) is 29.7 Å². The average molecular weight is 418 g/mol. The quantitative estimate of drug-likeness (QED) is 0.656. The summed E-state index contributed by atoms with van der Waals surface area (Å²) in [4.78, 5) is 27.6. The second kappa shape index (κ2) is 9.51. The molecule has 31 heavy (non-hydrogen) atoms. The van der Waals surface area contributed by atoms with Crippen LogP contribution in [0.4, 0.5) is 0 Å². The number of furan rings is 1. The molecule has 160 valence electrons. The maximum atomic E-state index is 13.2. The highest BCUT2D eigenvalue weighted by Gasteiger charge is 2.31. The van der Waals surface area contributed by atoms with Gasteiger partial charge in [0.25, 0.3) is 5.91 Å². The Bertz CT molecular complexity index is 1000. The number of piperidine rings is 1. The maximum absolute atomic E-state index is 13.2. The Labute approximate surface area is 181 Å². The van der Waals surface area contributed by atoms with E-state index in [1.54, 1.807) is 24.1 Å². The van der Waals surface area contributed by atoms with Crippen LogP contribution in [0.2, 0.25) is 0 Å². The fourth-order valence-electron chi connectivity index (χ4n) is 3.99. The van der Waals surface area contributed by atoms with E-state index in [1.807, 2.05) is 54.6 Å². The van der Waals surface area contributed by atoms with Crippen molar-refractivity contribution in [3.8, 4) is 5.75 Å². The average Bonchev–Trinajstić information content (AvgIpc) is 3.38. The Morgan fingerprint density at radius 1 is 1.03 bits per heavy atom.